The van der Waals surface area contributed by atoms with Crippen LogP contribution >= 0.6 is 31.9 Å². The maximum atomic E-state index is 14.6. The molecule has 2 amide bonds. The van der Waals surface area contributed by atoms with E-state index in [-0.39, 0.29) is 29.8 Å². The Morgan fingerprint density at radius 1 is 0.826 bits per heavy atom. The Bertz CT molecular complexity index is 1760. The molecule has 0 radical (unpaired) electrons. The second-order valence-corrected chi connectivity index (χ2v) is 15.3. The van der Waals surface area contributed by atoms with Crippen molar-refractivity contribution in [2.75, 3.05) is 10.8 Å². The summed E-state index contributed by atoms with van der Waals surface area (Å²) in [6.45, 7) is 1.50. The van der Waals surface area contributed by atoms with E-state index in [0.29, 0.717) is 10.2 Å². The quantitative estimate of drug-likeness (QED) is 0.163. The monoisotopic (exact) mass is 765 g/mol. The molecule has 0 heterocycles. The van der Waals surface area contributed by atoms with Crippen LogP contribution in [-0.2, 0) is 32.6 Å². The van der Waals surface area contributed by atoms with Crippen molar-refractivity contribution in [3.8, 4) is 0 Å². The summed E-state index contributed by atoms with van der Waals surface area (Å²) in [4.78, 5) is 30.3. The normalized spacial score (nSPS) is 14.1. The van der Waals surface area contributed by atoms with Gasteiger partial charge in [0.15, 0.2) is 0 Å². The first-order valence-electron chi connectivity index (χ1n) is 15.3. The number of aryl methyl sites for hydroxylation is 1. The predicted molar refractivity (Wildman–Crippen MR) is 189 cm³/mol. The SMILES string of the molecule is Cc1ccc(S(=O)(=O)N(CC(=O)N(Cc2cccc(Br)c2)C(Cc2ccccc2)C(=O)NC2CCCC2)c2cccc(Br)c2)cc1. The summed E-state index contributed by atoms with van der Waals surface area (Å²) in [6, 6.07) is 29.8. The van der Waals surface area contributed by atoms with Crippen molar-refractivity contribution in [2.45, 2.75) is 62.6 Å². The van der Waals surface area contributed by atoms with Gasteiger partial charge in [0.25, 0.3) is 10.0 Å². The third-order valence-corrected chi connectivity index (χ3v) is 11.0. The fraction of sp³-hybridized carbons (Fsp3) is 0.278. The Morgan fingerprint density at radius 3 is 2.11 bits per heavy atom. The summed E-state index contributed by atoms with van der Waals surface area (Å²) < 4.78 is 31.0. The van der Waals surface area contributed by atoms with Gasteiger partial charge in [-0.2, -0.15) is 0 Å². The average molecular weight is 768 g/mol. The van der Waals surface area contributed by atoms with Gasteiger partial charge in [0.05, 0.1) is 10.6 Å². The second kappa shape index (κ2) is 15.4. The highest BCUT2D eigenvalue weighted by Gasteiger charge is 2.35. The van der Waals surface area contributed by atoms with Crippen LogP contribution in [0.5, 0.6) is 0 Å². The molecule has 1 saturated carbocycles. The highest BCUT2D eigenvalue weighted by molar-refractivity contribution is 9.10. The number of hydrogen-bond donors (Lipinski definition) is 1. The van der Waals surface area contributed by atoms with Gasteiger partial charge in [0.1, 0.15) is 12.6 Å². The first-order valence-corrected chi connectivity index (χ1v) is 18.4. The van der Waals surface area contributed by atoms with E-state index in [1.807, 2.05) is 61.5 Å². The summed E-state index contributed by atoms with van der Waals surface area (Å²) in [5.41, 5.74) is 2.96. The van der Waals surface area contributed by atoms with Gasteiger partial charge < -0.3 is 10.2 Å². The van der Waals surface area contributed by atoms with E-state index in [0.717, 1.165) is 51.2 Å². The van der Waals surface area contributed by atoms with E-state index >= 15 is 0 Å². The molecule has 0 spiro atoms. The minimum absolute atomic E-state index is 0.0497. The van der Waals surface area contributed by atoms with Crippen molar-refractivity contribution >= 4 is 59.4 Å². The van der Waals surface area contributed by atoms with Crippen molar-refractivity contribution in [1.29, 1.82) is 0 Å². The summed E-state index contributed by atoms with van der Waals surface area (Å²) in [5, 5.41) is 3.21. The average Bonchev–Trinajstić information content (AvgIpc) is 3.55. The topological polar surface area (TPSA) is 86.8 Å². The lowest BCUT2D eigenvalue weighted by Gasteiger charge is -2.34. The molecule has 46 heavy (non-hydrogen) atoms. The molecule has 1 aliphatic rings. The number of carbonyl (C=O) groups excluding carboxylic acids is 2. The van der Waals surface area contributed by atoms with Gasteiger partial charge in [0, 0.05) is 28.0 Å². The van der Waals surface area contributed by atoms with E-state index in [1.54, 1.807) is 48.5 Å². The van der Waals surface area contributed by atoms with Crippen molar-refractivity contribution in [3.05, 3.63) is 129 Å². The molecule has 1 aliphatic carbocycles. The molecule has 4 aromatic carbocycles. The van der Waals surface area contributed by atoms with Crippen LogP contribution in [-0.4, -0.2) is 43.8 Å². The van der Waals surface area contributed by atoms with Gasteiger partial charge in [0.2, 0.25) is 11.8 Å². The van der Waals surface area contributed by atoms with Gasteiger partial charge in [-0.25, -0.2) is 8.42 Å². The maximum Gasteiger partial charge on any atom is 0.264 e. The number of halogens is 2. The number of benzene rings is 4. The lowest BCUT2D eigenvalue weighted by atomic mass is 10.0. The van der Waals surface area contributed by atoms with E-state index in [4.69, 9.17) is 0 Å². The largest absolute Gasteiger partial charge is 0.352 e. The Balaban J connectivity index is 1.57. The number of nitrogens with zero attached hydrogens (tertiary/aromatic N) is 2. The van der Waals surface area contributed by atoms with Crippen LogP contribution in [0.15, 0.2) is 117 Å². The molecule has 0 bridgehead atoms. The Labute approximate surface area is 288 Å². The summed E-state index contributed by atoms with van der Waals surface area (Å²) in [6.07, 6.45) is 4.17. The number of hydrogen-bond acceptors (Lipinski definition) is 4. The molecule has 0 saturated heterocycles. The highest BCUT2D eigenvalue weighted by Crippen LogP contribution is 2.28. The molecule has 1 fully saturated rings. The number of sulfonamides is 1. The first kappa shape index (κ1) is 33.9. The number of carbonyl (C=O) groups is 2. The van der Waals surface area contributed by atoms with Gasteiger partial charge in [-0.1, -0.05) is 111 Å². The molecular weight excluding hydrogens is 730 g/mol. The minimum Gasteiger partial charge on any atom is -0.352 e. The fourth-order valence-corrected chi connectivity index (χ4v) is 7.99. The van der Waals surface area contributed by atoms with Crippen LogP contribution in [0.25, 0.3) is 0 Å². The molecule has 1 atom stereocenters. The fourth-order valence-electron chi connectivity index (χ4n) is 5.75. The number of amides is 2. The molecule has 7 nitrogen and oxygen atoms in total. The molecule has 5 rings (SSSR count). The zero-order valence-electron chi connectivity index (χ0n) is 25.6. The van der Waals surface area contributed by atoms with Gasteiger partial charge >= 0.3 is 0 Å². The smallest absolute Gasteiger partial charge is 0.264 e. The van der Waals surface area contributed by atoms with Gasteiger partial charge in [-0.15, -0.1) is 0 Å². The van der Waals surface area contributed by atoms with E-state index in [9.17, 15) is 18.0 Å². The van der Waals surface area contributed by atoms with Crippen molar-refractivity contribution < 1.29 is 18.0 Å². The standard InChI is InChI=1S/C36H37Br2N3O4S/c1-26-17-19-33(20-18-26)46(44,45)41(32-16-8-13-30(38)23-32)25-35(42)40(24-28-11-7-12-29(37)21-28)34(22-27-9-3-2-4-10-27)36(43)39-31-14-5-6-15-31/h2-4,7-13,16-21,23,31,34H,5-6,14-15,22,24-25H2,1H3,(H,39,43). The van der Waals surface area contributed by atoms with E-state index < -0.39 is 28.5 Å². The second-order valence-electron chi connectivity index (χ2n) is 11.7. The molecule has 1 N–H and O–H groups in total. The van der Waals surface area contributed by atoms with Crippen molar-refractivity contribution in [1.82, 2.24) is 10.2 Å². The van der Waals surface area contributed by atoms with E-state index in [1.165, 1.54) is 4.90 Å². The Kier molecular flexibility index (Phi) is 11.4. The van der Waals surface area contributed by atoms with Crippen LogP contribution < -0.4 is 9.62 Å². The Hall–Kier alpha value is -3.47. The van der Waals surface area contributed by atoms with Gasteiger partial charge in [-0.05, 0) is 73.4 Å². The molecule has 240 valence electrons. The van der Waals surface area contributed by atoms with Crippen LogP contribution in [0.3, 0.4) is 0 Å². The first-order chi connectivity index (χ1) is 22.1. The summed E-state index contributed by atoms with van der Waals surface area (Å²) in [5.74, 6) is -0.729. The number of anilines is 1. The summed E-state index contributed by atoms with van der Waals surface area (Å²) in [7, 11) is -4.16. The summed E-state index contributed by atoms with van der Waals surface area (Å²) >= 11 is 6.98. The molecule has 4 aromatic rings. The van der Waals surface area contributed by atoms with Crippen molar-refractivity contribution in [3.63, 3.8) is 0 Å². The zero-order valence-corrected chi connectivity index (χ0v) is 29.6. The number of nitrogens with one attached hydrogen (secondary N) is 1. The van der Waals surface area contributed by atoms with Gasteiger partial charge in [-0.3, -0.25) is 13.9 Å². The van der Waals surface area contributed by atoms with Crippen LogP contribution in [0.4, 0.5) is 5.69 Å². The molecule has 0 aliphatic heterocycles. The highest BCUT2D eigenvalue weighted by atomic mass is 79.9. The van der Waals surface area contributed by atoms with Crippen LogP contribution in [0.1, 0.15) is 42.4 Å². The van der Waals surface area contributed by atoms with E-state index in [2.05, 4.69) is 37.2 Å². The lowest BCUT2D eigenvalue weighted by molar-refractivity contribution is -0.140. The molecular formula is C36H37Br2N3O4S. The third-order valence-electron chi connectivity index (χ3n) is 8.20. The van der Waals surface area contributed by atoms with Crippen LogP contribution in [0.2, 0.25) is 0 Å². The van der Waals surface area contributed by atoms with Crippen LogP contribution in [0, 0.1) is 6.92 Å². The third kappa shape index (κ3) is 8.66. The minimum atomic E-state index is -4.16. The molecule has 10 heteroatoms. The predicted octanol–water partition coefficient (Wildman–Crippen LogP) is 7.41. The lowest BCUT2D eigenvalue weighted by Crippen LogP contribution is -2.54. The Morgan fingerprint density at radius 2 is 1.46 bits per heavy atom. The number of rotatable bonds is 12. The zero-order chi connectivity index (χ0) is 32.7. The molecule has 1 unspecified atom stereocenters. The molecule has 0 aromatic heterocycles. The van der Waals surface area contributed by atoms with Crippen molar-refractivity contribution in [2.24, 2.45) is 0 Å². The maximum absolute atomic E-state index is 14.6.